The third-order valence-electron chi connectivity index (χ3n) is 4.48. The van der Waals surface area contributed by atoms with Crippen LogP contribution in [0.4, 0.5) is 13.2 Å². The molecule has 1 aliphatic rings. The Morgan fingerprint density at radius 3 is 2.19 bits per heavy atom. The molecule has 1 amide bonds. The molecule has 21 heavy (non-hydrogen) atoms. The molecule has 1 heterocycles. The van der Waals surface area contributed by atoms with Crippen molar-refractivity contribution in [2.24, 2.45) is 11.1 Å². The molecular weight excluding hydrogens is 283 g/mol. The van der Waals surface area contributed by atoms with Gasteiger partial charge in [0.05, 0.1) is 12.0 Å². The van der Waals surface area contributed by atoms with Crippen LogP contribution >= 0.6 is 0 Å². The van der Waals surface area contributed by atoms with E-state index in [9.17, 15) is 18.0 Å². The molecule has 0 saturated carbocycles. The van der Waals surface area contributed by atoms with Crippen LogP contribution in [0.15, 0.2) is 0 Å². The zero-order valence-electron chi connectivity index (χ0n) is 12.9. The van der Waals surface area contributed by atoms with E-state index in [1.165, 1.54) is 4.90 Å². The number of amides is 1. The molecule has 0 aromatic rings. The van der Waals surface area contributed by atoms with Crippen LogP contribution in [0.25, 0.3) is 0 Å². The van der Waals surface area contributed by atoms with E-state index < -0.39 is 18.1 Å². The van der Waals surface area contributed by atoms with Crippen molar-refractivity contribution in [1.29, 1.82) is 0 Å². The first-order valence-electron chi connectivity index (χ1n) is 7.56. The second-order valence-electron chi connectivity index (χ2n) is 5.73. The molecule has 2 N–H and O–H groups in total. The van der Waals surface area contributed by atoms with Crippen molar-refractivity contribution in [1.82, 2.24) is 9.80 Å². The van der Waals surface area contributed by atoms with E-state index in [-0.39, 0.29) is 19.0 Å². The van der Waals surface area contributed by atoms with Gasteiger partial charge in [-0.2, -0.15) is 13.2 Å². The van der Waals surface area contributed by atoms with E-state index in [0.717, 1.165) is 0 Å². The van der Waals surface area contributed by atoms with Gasteiger partial charge in [-0.05, 0) is 19.3 Å². The molecule has 0 radical (unpaired) electrons. The van der Waals surface area contributed by atoms with Gasteiger partial charge < -0.3 is 10.6 Å². The van der Waals surface area contributed by atoms with Crippen LogP contribution in [0.5, 0.6) is 0 Å². The number of rotatable bonds is 5. The lowest BCUT2D eigenvalue weighted by molar-refractivity contribution is -0.146. The maximum atomic E-state index is 12.7. The summed E-state index contributed by atoms with van der Waals surface area (Å²) in [4.78, 5) is 15.7. The molecule has 0 atom stereocenters. The van der Waals surface area contributed by atoms with Crippen LogP contribution in [-0.2, 0) is 4.79 Å². The number of nitrogens with zero attached hydrogens (tertiary/aromatic N) is 2. The highest BCUT2D eigenvalue weighted by Gasteiger charge is 2.38. The first-order valence-corrected chi connectivity index (χ1v) is 7.56. The molecule has 0 aliphatic carbocycles. The van der Waals surface area contributed by atoms with E-state index in [2.05, 4.69) is 0 Å². The third-order valence-corrected chi connectivity index (χ3v) is 4.48. The molecule has 0 aromatic carbocycles. The highest BCUT2D eigenvalue weighted by Crippen LogP contribution is 2.28. The molecule has 7 heteroatoms. The van der Waals surface area contributed by atoms with E-state index in [0.29, 0.717) is 38.9 Å². The summed E-state index contributed by atoms with van der Waals surface area (Å²) in [6, 6.07) is 0. The van der Waals surface area contributed by atoms with Gasteiger partial charge in [-0.3, -0.25) is 9.69 Å². The van der Waals surface area contributed by atoms with Crippen LogP contribution in [0.3, 0.4) is 0 Å². The first-order chi connectivity index (χ1) is 9.78. The minimum atomic E-state index is -4.19. The fourth-order valence-corrected chi connectivity index (χ4v) is 2.85. The Morgan fingerprint density at radius 2 is 1.71 bits per heavy atom. The van der Waals surface area contributed by atoms with Gasteiger partial charge in [0.2, 0.25) is 5.91 Å². The fraction of sp³-hybridized carbons (Fsp3) is 0.929. The number of hydrogen-bond donors (Lipinski definition) is 1. The number of hydrogen-bond acceptors (Lipinski definition) is 3. The topological polar surface area (TPSA) is 49.6 Å². The third kappa shape index (κ3) is 4.85. The smallest absolute Gasteiger partial charge is 0.341 e. The molecule has 4 nitrogen and oxygen atoms in total. The minimum absolute atomic E-state index is 0.0103. The fourth-order valence-electron chi connectivity index (χ4n) is 2.85. The molecule has 1 fully saturated rings. The van der Waals surface area contributed by atoms with Crippen molar-refractivity contribution >= 4 is 5.91 Å². The van der Waals surface area contributed by atoms with Crippen molar-refractivity contribution in [3.8, 4) is 0 Å². The highest BCUT2D eigenvalue weighted by atomic mass is 19.4. The largest absolute Gasteiger partial charge is 0.401 e. The van der Waals surface area contributed by atoms with Gasteiger partial charge in [0.25, 0.3) is 0 Å². The van der Waals surface area contributed by atoms with Gasteiger partial charge in [0.15, 0.2) is 0 Å². The van der Waals surface area contributed by atoms with Crippen LogP contribution in [0.1, 0.15) is 33.1 Å². The van der Waals surface area contributed by atoms with Gasteiger partial charge >= 0.3 is 6.18 Å². The Balaban J connectivity index is 2.68. The van der Waals surface area contributed by atoms with Crippen LogP contribution in [0.2, 0.25) is 0 Å². The number of alkyl halides is 3. The number of nitrogens with two attached hydrogens (primary N) is 1. The second kappa shape index (κ2) is 7.45. The summed E-state index contributed by atoms with van der Waals surface area (Å²) in [6.07, 6.45) is -2.31. The van der Waals surface area contributed by atoms with Crippen LogP contribution < -0.4 is 5.73 Å². The summed E-state index contributed by atoms with van der Waals surface area (Å²) in [5.41, 5.74) is 5.21. The maximum absolute atomic E-state index is 12.7. The molecule has 0 aromatic heterocycles. The highest BCUT2D eigenvalue weighted by molar-refractivity contribution is 5.83. The van der Waals surface area contributed by atoms with Gasteiger partial charge in [-0.15, -0.1) is 0 Å². The molecule has 1 rings (SSSR count). The zero-order valence-corrected chi connectivity index (χ0v) is 12.9. The molecule has 0 spiro atoms. The van der Waals surface area contributed by atoms with Crippen LogP contribution in [0, 0.1) is 5.41 Å². The predicted octanol–water partition coefficient (Wildman–Crippen LogP) is 1.85. The summed E-state index contributed by atoms with van der Waals surface area (Å²) >= 11 is 0. The van der Waals surface area contributed by atoms with Crippen molar-refractivity contribution in [3.63, 3.8) is 0 Å². The van der Waals surface area contributed by atoms with E-state index in [4.69, 9.17) is 5.73 Å². The maximum Gasteiger partial charge on any atom is 0.401 e. The summed E-state index contributed by atoms with van der Waals surface area (Å²) in [5.74, 6) is -0.0103. The molecule has 124 valence electrons. The lowest BCUT2D eigenvalue weighted by atomic mass is 9.81. The van der Waals surface area contributed by atoms with Crippen molar-refractivity contribution in [3.05, 3.63) is 0 Å². The van der Waals surface area contributed by atoms with Crippen molar-refractivity contribution in [2.75, 3.05) is 39.3 Å². The number of carbonyl (C=O) groups excluding carboxylic acids is 1. The zero-order chi connectivity index (χ0) is 16.1. The molecule has 0 unspecified atom stereocenters. The second-order valence-corrected chi connectivity index (χ2v) is 5.73. The minimum Gasteiger partial charge on any atom is -0.341 e. The van der Waals surface area contributed by atoms with Crippen molar-refractivity contribution in [2.45, 2.75) is 39.3 Å². The Kier molecular flexibility index (Phi) is 6.46. The SMILES string of the molecule is CCC(CC)(CN)C(=O)N1CCCN(CC(F)(F)F)CC1. The molecular formula is C14H26F3N3O. The van der Waals surface area contributed by atoms with Gasteiger partial charge in [0, 0.05) is 32.7 Å². The van der Waals surface area contributed by atoms with Gasteiger partial charge in [-0.1, -0.05) is 13.8 Å². The standard InChI is InChI=1S/C14H26F3N3O/c1-3-13(4-2,10-18)12(21)20-7-5-6-19(8-9-20)11-14(15,16)17/h3-11,18H2,1-2H3. The Morgan fingerprint density at radius 1 is 1.10 bits per heavy atom. The van der Waals surface area contributed by atoms with Gasteiger partial charge in [0.1, 0.15) is 0 Å². The molecule has 1 aliphatic heterocycles. The molecule has 0 bridgehead atoms. The van der Waals surface area contributed by atoms with E-state index >= 15 is 0 Å². The van der Waals surface area contributed by atoms with E-state index in [1.54, 1.807) is 4.90 Å². The van der Waals surface area contributed by atoms with Crippen LogP contribution in [-0.4, -0.2) is 61.2 Å². The Hall–Kier alpha value is -0.820. The lowest BCUT2D eigenvalue weighted by Gasteiger charge is -2.34. The quantitative estimate of drug-likeness (QED) is 0.843. The monoisotopic (exact) mass is 309 g/mol. The summed E-state index contributed by atoms with van der Waals surface area (Å²) < 4.78 is 37.3. The summed E-state index contributed by atoms with van der Waals surface area (Å²) in [6.45, 7) is 4.73. The normalized spacial score (nSPS) is 18.7. The van der Waals surface area contributed by atoms with E-state index in [1.807, 2.05) is 13.8 Å². The Bertz CT molecular complexity index is 335. The number of carbonyl (C=O) groups is 1. The summed E-state index contributed by atoms with van der Waals surface area (Å²) in [7, 11) is 0. The Labute approximate surface area is 124 Å². The molecule has 1 saturated heterocycles. The lowest BCUT2D eigenvalue weighted by Crippen LogP contribution is -2.48. The first kappa shape index (κ1) is 18.2. The summed E-state index contributed by atoms with van der Waals surface area (Å²) in [5, 5.41) is 0. The average molecular weight is 309 g/mol. The van der Waals surface area contributed by atoms with Gasteiger partial charge in [-0.25, -0.2) is 0 Å². The predicted molar refractivity (Wildman–Crippen MR) is 75.8 cm³/mol. The average Bonchev–Trinajstić information content (AvgIpc) is 2.65. The number of halogens is 3. The van der Waals surface area contributed by atoms with Crippen molar-refractivity contribution < 1.29 is 18.0 Å².